The number of ether oxygens (including phenoxy) is 1. The number of carbonyl (C=O) groups is 1. The van der Waals surface area contributed by atoms with Gasteiger partial charge in [-0.15, -0.1) is 11.3 Å². The number of hydrogen-bond acceptors (Lipinski definition) is 7. The third-order valence-electron chi connectivity index (χ3n) is 3.64. The molecule has 0 fully saturated rings. The van der Waals surface area contributed by atoms with E-state index < -0.39 is 11.8 Å². The zero-order valence-corrected chi connectivity index (χ0v) is 13.8. The summed E-state index contributed by atoms with van der Waals surface area (Å²) in [6, 6.07) is 8.24. The van der Waals surface area contributed by atoms with Gasteiger partial charge in [0.05, 0.1) is 4.88 Å². The quantitative estimate of drug-likeness (QED) is 0.505. The van der Waals surface area contributed by atoms with Crippen LogP contribution in [0.5, 0.6) is 0 Å². The number of aromatic nitrogens is 2. The van der Waals surface area contributed by atoms with Crippen LogP contribution in [0.3, 0.4) is 0 Å². The molecule has 3 heterocycles. The Morgan fingerprint density at radius 3 is 2.96 bits per heavy atom. The first-order valence-electron chi connectivity index (χ1n) is 7.34. The second-order valence-corrected chi connectivity index (χ2v) is 6.19. The summed E-state index contributed by atoms with van der Waals surface area (Å²) in [5.41, 5.74) is 0.550. The molecule has 8 heteroatoms. The van der Waals surface area contributed by atoms with E-state index in [-0.39, 0.29) is 23.8 Å². The van der Waals surface area contributed by atoms with Crippen molar-refractivity contribution in [2.75, 3.05) is 0 Å². The largest absolute Gasteiger partial charge is 0.450 e. The van der Waals surface area contributed by atoms with Gasteiger partial charge in [0, 0.05) is 10.9 Å². The molecule has 25 heavy (non-hydrogen) atoms. The van der Waals surface area contributed by atoms with Crippen molar-refractivity contribution in [1.29, 1.82) is 0 Å². The zero-order chi connectivity index (χ0) is 17.4. The Morgan fingerprint density at radius 1 is 1.32 bits per heavy atom. The molecule has 0 radical (unpaired) electrons. The molecule has 0 aliphatic carbocycles. The van der Waals surface area contributed by atoms with Gasteiger partial charge in [-0.3, -0.25) is 0 Å². The molecule has 0 N–H and O–H groups in total. The maximum atomic E-state index is 13.8. The molecule has 0 aliphatic rings. The topological polar surface area (TPSA) is 78.4 Å². The minimum absolute atomic E-state index is 0.0321. The Morgan fingerprint density at radius 2 is 2.20 bits per heavy atom. The SMILES string of the molecule is Cc1c(C(=O)OCc2nc(-c3cccs3)no2)oc2c(F)cccc12. The second kappa shape index (κ2) is 6.14. The van der Waals surface area contributed by atoms with Crippen LogP contribution in [-0.4, -0.2) is 16.1 Å². The van der Waals surface area contributed by atoms with Gasteiger partial charge in [0.1, 0.15) is 0 Å². The van der Waals surface area contributed by atoms with Crippen molar-refractivity contribution in [1.82, 2.24) is 10.1 Å². The minimum Gasteiger partial charge on any atom is -0.450 e. The molecule has 4 aromatic rings. The number of halogens is 1. The molecule has 3 aromatic heterocycles. The highest BCUT2D eigenvalue weighted by molar-refractivity contribution is 7.13. The molecule has 126 valence electrons. The van der Waals surface area contributed by atoms with Gasteiger partial charge in [0.15, 0.2) is 18.0 Å². The summed E-state index contributed by atoms with van der Waals surface area (Å²) in [5.74, 6) is -0.695. The number of fused-ring (bicyclic) bond motifs is 1. The summed E-state index contributed by atoms with van der Waals surface area (Å²) in [6.07, 6.45) is 0. The summed E-state index contributed by atoms with van der Waals surface area (Å²) < 4.78 is 29.3. The van der Waals surface area contributed by atoms with Crippen LogP contribution in [0.1, 0.15) is 22.0 Å². The molecular formula is C17H11FN2O4S. The standard InChI is InChI=1S/C17H11FN2O4S/c1-9-10-4-2-5-11(18)15(10)23-14(9)17(21)22-8-13-19-16(20-24-13)12-6-3-7-25-12/h2-7H,8H2,1H3. The third kappa shape index (κ3) is 2.80. The van der Waals surface area contributed by atoms with Gasteiger partial charge < -0.3 is 13.7 Å². The van der Waals surface area contributed by atoms with Gasteiger partial charge in [-0.2, -0.15) is 4.98 Å². The average molecular weight is 358 g/mol. The molecule has 0 unspecified atom stereocenters. The van der Waals surface area contributed by atoms with Crippen molar-refractivity contribution in [2.24, 2.45) is 0 Å². The molecule has 0 spiro atoms. The number of thiophene rings is 1. The van der Waals surface area contributed by atoms with E-state index in [0.717, 1.165) is 4.88 Å². The normalized spacial score (nSPS) is 11.1. The Kier molecular flexibility index (Phi) is 3.81. The molecule has 0 amide bonds. The van der Waals surface area contributed by atoms with E-state index in [1.165, 1.54) is 17.4 Å². The van der Waals surface area contributed by atoms with Crippen molar-refractivity contribution >= 4 is 28.3 Å². The molecule has 1 aromatic carbocycles. The molecule has 0 bridgehead atoms. The van der Waals surface area contributed by atoms with Gasteiger partial charge >= 0.3 is 5.97 Å². The molecule has 6 nitrogen and oxygen atoms in total. The summed E-state index contributed by atoms with van der Waals surface area (Å²) in [5, 5.41) is 6.26. The number of benzene rings is 1. The van der Waals surface area contributed by atoms with Crippen LogP contribution in [-0.2, 0) is 11.3 Å². The smallest absolute Gasteiger partial charge is 0.375 e. The van der Waals surface area contributed by atoms with E-state index in [1.807, 2.05) is 17.5 Å². The lowest BCUT2D eigenvalue weighted by Gasteiger charge is -1.99. The molecule has 0 saturated heterocycles. The van der Waals surface area contributed by atoms with Gasteiger partial charge in [-0.05, 0) is 24.4 Å². The molecule has 0 saturated carbocycles. The molecule has 0 aliphatic heterocycles. The second-order valence-electron chi connectivity index (χ2n) is 5.24. The van der Waals surface area contributed by atoms with E-state index in [1.54, 1.807) is 19.1 Å². The highest BCUT2D eigenvalue weighted by Gasteiger charge is 2.21. The summed E-state index contributed by atoms with van der Waals surface area (Å²) in [4.78, 5) is 17.2. The van der Waals surface area contributed by atoms with Crippen LogP contribution in [0.2, 0.25) is 0 Å². The lowest BCUT2D eigenvalue weighted by Crippen LogP contribution is -2.05. The number of carbonyl (C=O) groups excluding carboxylic acids is 1. The number of nitrogens with zero attached hydrogens (tertiary/aromatic N) is 2. The third-order valence-corrected chi connectivity index (χ3v) is 4.50. The molecule has 4 rings (SSSR count). The van der Waals surface area contributed by atoms with Crippen LogP contribution >= 0.6 is 11.3 Å². The highest BCUT2D eigenvalue weighted by atomic mass is 32.1. The van der Waals surface area contributed by atoms with Gasteiger partial charge in [-0.1, -0.05) is 23.4 Å². The van der Waals surface area contributed by atoms with Crippen molar-refractivity contribution in [3.63, 3.8) is 0 Å². The average Bonchev–Trinajstić information content (AvgIpc) is 3.33. The van der Waals surface area contributed by atoms with Crippen LogP contribution in [0, 0.1) is 12.7 Å². The van der Waals surface area contributed by atoms with Crippen molar-refractivity contribution in [2.45, 2.75) is 13.5 Å². The van der Waals surface area contributed by atoms with E-state index in [4.69, 9.17) is 13.7 Å². The Balaban J connectivity index is 1.51. The Bertz CT molecular complexity index is 1050. The first-order chi connectivity index (χ1) is 12.1. The fraction of sp³-hybridized carbons (Fsp3) is 0.118. The fourth-order valence-electron chi connectivity index (χ4n) is 2.42. The minimum atomic E-state index is -0.719. The molecule has 0 atom stereocenters. The Labute approximate surface area is 144 Å². The van der Waals surface area contributed by atoms with Gasteiger partial charge in [0.25, 0.3) is 5.89 Å². The van der Waals surface area contributed by atoms with Crippen molar-refractivity contribution in [3.05, 3.63) is 58.7 Å². The first-order valence-corrected chi connectivity index (χ1v) is 8.22. The van der Waals surface area contributed by atoms with Crippen LogP contribution < -0.4 is 0 Å². The predicted octanol–water partition coefficient (Wildman–Crippen LogP) is 4.35. The van der Waals surface area contributed by atoms with Crippen LogP contribution in [0.4, 0.5) is 4.39 Å². The monoisotopic (exact) mass is 358 g/mol. The van der Waals surface area contributed by atoms with E-state index in [9.17, 15) is 9.18 Å². The number of esters is 1. The van der Waals surface area contributed by atoms with Crippen molar-refractivity contribution < 1.29 is 22.9 Å². The Hall–Kier alpha value is -3.00. The number of aryl methyl sites for hydroxylation is 1. The van der Waals surface area contributed by atoms with Gasteiger partial charge in [-0.25, -0.2) is 9.18 Å². The van der Waals surface area contributed by atoms with E-state index in [0.29, 0.717) is 16.8 Å². The van der Waals surface area contributed by atoms with Crippen LogP contribution in [0.15, 0.2) is 44.7 Å². The maximum absolute atomic E-state index is 13.8. The number of rotatable bonds is 4. The van der Waals surface area contributed by atoms with Crippen LogP contribution in [0.25, 0.3) is 21.7 Å². The highest BCUT2D eigenvalue weighted by Crippen LogP contribution is 2.28. The predicted molar refractivity (Wildman–Crippen MR) is 87.6 cm³/mol. The molecular weight excluding hydrogens is 347 g/mol. The maximum Gasteiger partial charge on any atom is 0.375 e. The van der Waals surface area contributed by atoms with E-state index >= 15 is 0 Å². The lowest BCUT2D eigenvalue weighted by molar-refractivity contribution is 0.0395. The lowest BCUT2D eigenvalue weighted by atomic mass is 10.1. The number of hydrogen-bond donors (Lipinski definition) is 0. The van der Waals surface area contributed by atoms with E-state index in [2.05, 4.69) is 10.1 Å². The zero-order valence-electron chi connectivity index (χ0n) is 13.0. The fourth-order valence-corrected chi connectivity index (χ4v) is 3.06. The summed E-state index contributed by atoms with van der Waals surface area (Å²) in [7, 11) is 0. The van der Waals surface area contributed by atoms with Gasteiger partial charge in [0.2, 0.25) is 11.6 Å². The number of furan rings is 1. The summed E-state index contributed by atoms with van der Waals surface area (Å²) >= 11 is 1.47. The summed E-state index contributed by atoms with van der Waals surface area (Å²) in [6.45, 7) is 1.47. The van der Waals surface area contributed by atoms with Crippen molar-refractivity contribution in [3.8, 4) is 10.7 Å². The number of para-hydroxylation sites is 1. The first kappa shape index (κ1) is 15.5.